The molecule has 0 aliphatic heterocycles. The van der Waals surface area contributed by atoms with Crippen molar-refractivity contribution in [3.8, 4) is 11.8 Å². The molecule has 0 spiro atoms. The van der Waals surface area contributed by atoms with Crippen molar-refractivity contribution in [3.05, 3.63) is 0 Å². The summed E-state index contributed by atoms with van der Waals surface area (Å²) in [7, 11) is 1.66. The topological polar surface area (TPSA) is 18.5 Å². The van der Waals surface area contributed by atoms with Crippen LogP contribution in [0.1, 0.15) is 33.6 Å². The van der Waals surface area contributed by atoms with Gasteiger partial charge >= 0.3 is 0 Å². The molecular weight excluding hydrogens is 152 g/mol. The molecule has 1 unspecified atom stereocenters. The molecule has 0 aliphatic rings. The number of ether oxygens (including phenoxy) is 2. The Hall–Kier alpha value is -0.520. The van der Waals surface area contributed by atoms with Crippen LogP contribution in [0.2, 0.25) is 0 Å². The van der Waals surface area contributed by atoms with E-state index in [-0.39, 0.29) is 0 Å². The summed E-state index contributed by atoms with van der Waals surface area (Å²) in [6.45, 7) is 6.44. The third-order valence-electron chi connectivity index (χ3n) is 1.89. The molecule has 0 rings (SSSR count). The van der Waals surface area contributed by atoms with E-state index in [0.717, 1.165) is 12.8 Å². The maximum atomic E-state index is 5.51. The van der Waals surface area contributed by atoms with Crippen LogP contribution in [0.15, 0.2) is 0 Å². The van der Waals surface area contributed by atoms with Crippen molar-refractivity contribution in [2.24, 2.45) is 0 Å². The molecule has 0 bridgehead atoms. The predicted molar refractivity (Wildman–Crippen MR) is 49.7 cm³/mol. The van der Waals surface area contributed by atoms with Crippen LogP contribution >= 0.6 is 0 Å². The third kappa shape index (κ3) is 4.38. The van der Waals surface area contributed by atoms with Crippen molar-refractivity contribution in [2.75, 3.05) is 13.7 Å². The van der Waals surface area contributed by atoms with Crippen molar-refractivity contribution in [1.29, 1.82) is 0 Å². The summed E-state index contributed by atoms with van der Waals surface area (Å²) in [6, 6.07) is 0. The van der Waals surface area contributed by atoms with Crippen molar-refractivity contribution in [1.82, 2.24) is 0 Å². The molecule has 2 heteroatoms. The van der Waals surface area contributed by atoms with Gasteiger partial charge in [0.2, 0.25) is 0 Å². The van der Waals surface area contributed by atoms with E-state index >= 15 is 0 Å². The highest BCUT2D eigenvalue weighted by atomic mass is 16.7. The van der Waals surface area contributed by atoms with Gasteiger partial charge in [-0.05, 0) is 20.3 Å². The molecule has 0 radical (unpaired) electrons. The standard InChI is InChI=1S/C10H18O2/c1-5-7-8-9-12-10(3,6-2)11-4/h6,8-9H2,1-4H3. The summed E-state index contributed by atoms with van der Waals surface area (Å²) in [5.74, 6) is 5.32. The first kappa shape index (κ1) is 11.5. The molecule has 0 saturated carbocycles. The quantitative estimate of drug-likeness (QED) is 0.358. The fraction of sp³-hybridized carbons (Fsp3) is 0.800. The molecule has 0 aromatic heterocycles. The Balaban J connectivity index is 3.63. The normalized spacial score (nSPS) is 14.7. The minimum atomic E-state index is -0.435. The van der Waals surface area contributed by atoms with Crippen LogP contribution in [0.25, 0.3) is 0 Å². The van der Waals surface area contributed by atoms with Gasteiger partial charge in [0.05, 0.1) is 6.61 Å². The van der Waals surface area contributed by atoms with Crippen LogP contribution in [0.4, 0.5) is 0 Å². The molecule has 2 nitrogen and oxygen atoms in total. The van der Waals surface area contributed by atoms with Crippen molar-refractivity contribution < 1.29 is 9.47 Å². The van der Waals surface area contributed by atoms with E-state index in [1.807, 2.05) is 20.8 Å². The Labute approximate surface area is 75.3 Å². The molecule has 0 aromatic carbocycles. The zero-order valence-electron chi connectivity index (χ0n) is 8.44. The highest BCUT2D eigenvalue weighted by molar-refractivity contribution is 4.94. The lowest BCUT2D eigenvalue weighted by atomic mass is 10.2. The smallest absolute Gasteiger partial charge is 0.164 e. The van der Waals surface area contributed by atoms with E-state index in [1.165, 1.54) is 0 Å². The van der Waals surface area contributed by atoms with Gasteiger partial charge in [-0.3, -0.25) is 0 Å². The monoisotopic (exact) mass is 170 g/mol. The fourth-order valence-electron chi connectivity index (χ4n) is 0.748. The Kier molecular flexibility index (Phi) is 5.79. The zero-order chi connectivity index (χ0) is 9.45. The van der Waals surface area contributed by atoms with Gasteiger partial charge in [-0.2, -0.15) is 0 Å². The predicted octanol–water partition coefficient (Wildman–Crippen LogP) is 2.19. The van der Waals surface area contributed by atoms with E-state index in [0.29, 0.717) is 6.61 Å². The second-order valence-electron chi connectivity index (χ2n) is 2.72. The minimum Gasteiger partial charge on any atom is -0.353 e. The van der Waals surface area contributed by atoms with Gasteiger partial charge in [-0.1, -0.05) is 6.92 Å². The maximum absolute atomic E-state index is 5.51. The summed E-state index contributed by atoms with van der Waals surface area (Å²) in [6.07, 6.45) is 1.62. The van der Waals surface area contributed by atoms with Crippen LogP contribution in [0.5, 0.6) is 0 Å². The van der Waals surface area contributed by atoms with E-state index in [1.54, 1.807) is 7.11 Å². The number of methoxy groups -OCH3 is 1. The summed E-state index contributed by atoms with van der Waals surface area (Å²) in [5, 5.41) is 0. The lowest BCUT2D eigenvalue weighted by Crippen LogP contribution is -2.30. The van der Waals surface area contributed by atoms with Crippen LogP contribution < -0.4 is 0 Å². The van der Waals surface area contributed by atoms with Crippen molar-refractivity contribution in [2.45, 2.75) is 39.4 Å². The van der Waals surface area contributed by atoms with Crippen LogP contribution in [0, 0.1) is 11.8 Å². The summed E-state index contributed by atoms with van der Waals surface area (Å²) in [4.78, 5) is 0. The second-order valence-corrected chi connectivity index (χ2v) is 2.72. The maximum Gasteiger partial charge on any atom is 0.164 e. The van der Waals surface area contributed by atoms with E-state index < -0.39 is 5.79 Å². The number of hydrogen-bond donors (Lipinski definition) is 0. The molecule has 0 amide bonds. The van der Waals surface area contributed by atoms with E-state index in [9.17, 15) is 0 Å². The van der Waals surface area contributed by atoms with Gasteiger partial charge in [0.25, 0.3) is 0 Å². The first-order valence-corrected chi connectivity index (χ1v) is 4.27. The minimum absolute atomic E-state index is 0.435. The largest absolute Gasteiger partial charge is 0.353 e. The Bertz CT molecular complexity index is 160. The van der Waals surface area contributed by atoms with E-state index in [2.05, 4.69) is 11.8 Å². The van der Waals surface area contributed by atoms with Crippen molar-refractivity contribution >= 4 is 0 Å². The molecule has 0 aromatic rings. The fourth-order valence-corrected chi connectivity index (χ4v) is 0.748. The first-order chi connectivity index (χ1) is 5.68. The number of hydrogen-bond acceptors (Lipinski definition) is 2. The molecule has 0 N–H and O–H groups in total. The summed E-state index contributed by atoms with van der Waals surface area (Å²) >= 11 is 0. The van der Waals surface area contributed by atoms with Gasteiger partial charge in [0.1, 0.15) is 0 Å². The summed E-state index contributed by atoms with van der Waals surface area (Å²) in [5.41, 5.74) is 0. The Morgan fingerprint density at radius 3 is 2.50 bits per heavy atom. The van der Waals surface area contributed by atoms with Crippen molar-refractivity contribution in [3.63, 3.8) is 0 Å². The van der Waals surface area contributed by atoms with Gasteiger partial charge < -0.3 is 9.47 Å². The van der Waals surface area contributed by atoms with Gasteiger partial charge in [-0.15, -0.1) is 11.8 Å². The van der Waals surface area contributed by atoms with Gasteiger partial charge in [0.15, 0.2) is 5.79 Å². The zero-order valence-corrected chi connectivity index (χ0v) is 8.44. The molecular formula is C10H18O2. The second kappa shape index (κ2) is 6.05. The molecule has 70 valence electrons. The molecule has 12 heavy (non-hydrogen) atoms. The SMILES string of the molecule is CC#CCCOC(C)(CC)OC. The van der Waals surface area contributed by atoms with E-state index in [4.69, 9.17) is 9.47 Å². The van der Waals surface area contributed by atoms with Gasteiger partial charge in [-0.25, -0.2) is 0 Å². The number of rotatable bonds is 5. The lowest BCUT2D eigenvalue weighted by molar-refractivity contribution is -0.210. The highest BCUT2D eigenvalue weighted by Gasteiger charge is 2.20. The van der Waals surface area contributed by atoms with Crippen LogP contribution in [0.3, 0.4) is 0 Å². The Morgan fingerprint density at radius 2 is 2.08 bits per heavy atom. The Morgan fingerprint density at radius 1 is 1.42 bits per heavy atom. The third-order valence-corrected chi connectivity index (χ3v) is 1.89. The average Bonchev–Trinajstić information content (AvgIpc) is 2.12. The summed E-state index contributed by atoms with van der Waals surface area (Å²) < 4.78 is 10.7. The average molecular weight is 170 g/mol. The highest BCUT2D eigenvalue weighted by Crippen LogP contribution is 2.15. The molecule has 0 saturated heterocycles. The molecule has 0 heterocycles. The molecule has 0 fully saturated rings. The van der Waals surface area contributed by atoms with Crippen LogP contribution in [-0.2, 0) is 9.47 Å². The van der Waals surface area contributed by atoms with Crippen LogP contribution in [-0.4, -0.2) is 19.5 Å². The molecule has 1 atom stereocenters. The first-order valence-electron chi connectivity index (χ1n) is 4.27. The van der Waals surface area contributed by atoms with Gasteiger partial charge in [0, 0.05) is 13.5 Å². The lowest BCUT2D eigenvalue weighted by Gasteiger charge is -2.26. The molecule has 0 aliphatic carbocycles.